The minimum absolute atomic E-state index is 0.0872. The van der Waals surface area contributed by atoms with E-state index in [0.29, 0.717) is 17.1 Å². The van der Waals surface area contributed by atoms with Gasteiger partial charge in [0.05, 0.1) is 0 Å². The van der Waals surface area contributed by atoms with Crippen LogP contribution in [0.25, 0.3) is 0 Å². The normalized spacial score (nSPS) is 12.2. The molecule has 0 bridgehead atoms. The highest BCUT2D eigenvalue weighted by molar-refractivity contribution is 5.90. The van der Waals surface area contributed by atoms with E-state index in [1.165, 1.54) is 12.1 Å². The minimum atomic E-state index is -0.623. The van der Waals surface area contributed by atoms with Gasteiger partial charge < -0.3 is 15.2 Å². The third-order valence-corrected chi connectivity index (χ3v) is 3.01. The Morgan fingerprint density at radius 2 is 2.19 bits per heavy atom. The lowest BCUT2D eigenvalue weighted by Gasteiger charge is -2.11. The van der Waals surface area contributed by atoms with Crippen molar-refractivity contribution in [3.8, 4) is 0 Å². The second-order valence-corrected chi connectivity index (χ2v) is 4.77. The van der Waals surface area contributed by atoms with Crippen LogP contribution in [-0.4, -0.2) is 17.6 Å². The van der Waals surface area contributed by atoms with Crippen molar-refractivity contribution >= 4 is 11.7 Å². The summed E-state index contributed by atoms with van der Waals surface area (Å²) in [7, 11) is 0. The van der Waals surface area contributed by atoms with E-state index in [9.17, 15) is 13.6 Å². The Hall–Kier alpha value is -2.28. The molecular formula is C14H16F2N3O2+. The third-order valence-electron chi connectivity index (χ3n) is 3.01. The molecule has 1 aromatic heterocycles. The average molecular weight is 296 g/mol. The first-order valence-electron chi connectivity index (χ1n) is 6.47. The zero-order chi connectivity index (χ0) is 15.4. The standard InChI is InChI=1S/C14H15F2N3O2/c1-8-5-13(19-21-8)18-14(20)7-17-9(2)11-4-3-10(15)6-12(11)16/h3-6,9,17H,7H2,1-2H3,(H,18,19,20)/p+1/t9-/m0/s1. The number of carbonyl (C=O) groups excluding carboxylic acids is 1. The largest absolute Gasteiger partial charge is 0.360 e. The number of anilines is 1. The van der Waals surface area contributed by atoms with Gasteiger partial charge in [0, 0.05) is 17.7 Å². The Morgan fingerprint density at radius 3 is 2.81 bits per heavy atom. The molecule has 2 rings (SSSR count). The van der Waals surface area contributed by atoms with E-state index >= 15 is 0 Å². The van der Waals surface area contributed by atoms with E-state index in [-0.39, 0.29) is 18.5 Å². The Balaban J connectivity index is 1.88. The highest BCUT2D eigenvalue weighted by atomic mass is 19.1. The molecule has 0 aliphatic heterocycles. The summed E-state index contributed by atoms with van der Waals surface area (Å²) in [5.41, 5.74) is 0.349. The van der Waals surface area contributed by atoms with Crippen molar-refractivity contribution in [2.75, 3.05) is 11.9 Å². The van der Waals surface area contributed by atoms with E-state index in [1.54, 1.807) is 25.2 Å². The van der Waals surface area contributed by atoms with Gasteiger partial charge in [-0.2, -0.15) is 0 Å². The summed E-state index contributed by atoms with van der Waals surface area (Å²) in [5.74, 6) is -0.589. The molecule has 0 fully saturated rings. The number of hydrogen-bond acceptors (Lipinski definition) is 3. The van der Waals surface area contributed by atoms with Crippen molar-refractivity contribution in [2.45, 2.75) is 19.9 Å². The molecule has 1 atom stereocenters. The number of aryl methyl sites for hydroxylation is 1. The topological polar surface area (TPSA) is 71.7 Å². The van der Waals surface area contributed by atoms with Crippen molar-refractivity contribution in [3.05, 3.63) is 47.2 Å². The molecule has 1 amide bonds. The Kier molecular flexibility index (Phi) is 4.64. The summed E-state index contributed by atoms with van der Waals surface area (Å²) in [6.07, 6.45) is 0. The number of hydrogen-bond donors (Lipinski definition) is 2. The second-order valence-electron chi connectivity index (χ2n) is 4.77. The highest BCUT2D eigenvalue weighted by Crippen LogP contribution is 2.14. The summed E-state index contributed by atoms with van der Waals surface area (Å²) in [5, 5.41) is 7.86. The Bertz CT molecular complexity index is 643. The molecule has 7 heteroatoms. The van der Waals surface area contributed by atoms with Gasteiger partial charge >= 0.3 is 0 Å². The quantitative estimate of drug-likeness (QED) is 0.879. The summed E-state index contributed by atoms with van der Waals surface area (Å²) in [6, 6.07) is 4.69. The molecule has 0 unspecified atom stereocenters. The number of nitrogens with zero attached hydrogens (tertiary/aromatic N) is 1. The van der Waals surface area contributed by atoms with E-state index in [2.05, 4.69) is 10.5 Å². The molecular weight excluding hydrogens is 280 g/mol. The molecule has 0 radical (unpaired) electrons. The van der Waals surface area contributed by atoms with Crippen molar-refractivity contribution < 1.29 is 23.4 Å². The first-order chi connectivity index (χ1) is 9.95. The molecule has 0 aliphatic rings. The first-order valence-corrected chi connectivity index (χ1v) is 6.47. The van der Waals surface area contributed by atoms with Crippen LogP contribution in [0, 0.1) is 18.6 Å². The number of halogens is 2. The third kappa shape index (κ3) is 4.09. The molecule has 112 valence electrons. The number of quaternary nitrogens is 1. The van der Waals surface area contributed by atoms with Crippen molar-refractivity contribution in [1.29, 1.82) is 0 Å². The second kappa shape index (κ2) is 6.45. The van der Waals surface area contributed by atoms with Crippen LogP contribution in [0.4, 0.5) is 14.6 Å². The SMILES string of the molecule is Cc1cc(NC(=O)C[NH2+][C@@H](C)c2ccc(F)cc2F)no1. The van der Waals surface area contributed by atoms with Crippen LogP contribution in [-0.2, 0) is 4.79 Å². The van der Waals surface area contributed by atoms with Gasteiger partial charge in [-0.3, -0.25) is 4.79 Å². The van der Waals surface area contributed by atoms with E-state index in [0.717, 1.165) is 6.07 Å². The summed E-state index contributed by atoms with van der Waals surface area (Å²) in [6.45, 7) is 3.54. The Morgan fingerprint density at radius 1 is 1.43 bits per heavy atom. The fourth-order valence-corrected chi connectivity index (χ4v) is 1.90. The predicted octanol–water partition coefficient (Wildman–Crippen LogP) is 1.52. The summed E-state index contributed by atoms with van der Waals surface area (Å²) >= 11 is 0. The average Bonchev–Trinajstić information content (AvgIpc) is 2.81. The van der Waals surface area contributed by atoms with Gasteiger partial charge in [-0.1, -0.05) is 5.16 Å². The maximum Gasteiger partial charge on any atom is 0.280 e. The number of amides is 1. The van der Waals surface area contributed by atoms with E-state index in [4.69, 9.17) is 4.52 Å². The molecule has 21 heavy (non-hydrogen) atoms. The smallest absolute Gasteiger partial charge is 0.280 e. The van der Waals surface area contributed by atoms with Gasteiger partial charge in [0.25, 0.3) is 5.91 Å². The summed E-state index contributed by atoms with van der Waals surface area (Å²) < 4.78 is 31.3. The molecule has 0 spiro atoms. The zero-order valence-electron chi connectivity index (χ0n) is 11.7. The number of rotatable bonds is 5. The number of carbonyl (C=O) groups is 1. The van der Waals surface area contributed by atoms with Gasteiger partial charge in [0.1, 0.15) is 23.4 Å². The Labute approximate surface area is 120 Å². The van der Waals surface area contributed by atoms with E-state index in [1.807, 2.05) is 0 Å². The number of nitrogens with two attached hydrogens (primary N) is 1. The highest BCUT2D eigenvalue weighted by Gasteiger charge is 2.16. The number of nitrogens with one attached hydrogen (secondary N) is 1. The molecule has 0 saturated heterocycles. The molecule has 5 nitrogen and oxygen atoms in total. The maximum atomic E-state index is 13.6. The van der Waals surface area contributed by atoms with Crippen molar-refractivity contribution in [3.63, 3.8) is 0 Å². The van der Waals surface area contributed by atoms with Gasteiger partial charge in [-0.05, 0) is 26.0 Å². The molecule has 0 saturated carbocycles. The van der Waals surface area contributed by atoms with Crippen molar-refractivity contribution in [1.82, 2.24) is 5.16 Å². The van der Waals surface area contributed by atoms with Crippen LogP contribution in [0.5, 0.6) is 0 Å². The van der Waals surface area contributed by atoms with Gasteiger partial charge in [0.2, 0.25) is 0 Å². The van der Waals surface area contributed by atoms with Gasteiger partial charge in [0.15, 0.2) is 12.4 Å². The van der Waals surface area contributed by atoms with Gasteiger partial charge in [-0.25, -0.2) is 8.78 Å². The lowest BCUT2D eigenvalue weighted by molar-refractivity contribution is -0.682. The number of benzene rings is 1. The predicted molar refractivity (Wildman–Crippen MR) is 71.4 cm³/mol. The van der Waals surface area contributed by atoms with Crippen LogP contribution in [0.3, 0.4) is 0 Å². The summed E-state index contributed by atoms with van der Waals surface area (Å²) in [4.78, 5) is 11.7. The lowest BCUT2D eigenvalue weighted by atomic mass is 10.1. The fourth-order valence-electron chi connectivity index (χ4n) is 1.90. The molecule has 3 N–H and O–H groups in total. The van der Waals surface area contributed by atoms with E-state index < -0.39 is 11.6 Å². The van der Waals surface area contributed by atoms with Crippen LogP contribution < -0.4 is 10.6 Å². The molecule has 1 aromatic carbocycles. The van der Waals surface area contributed by atoms with Crippen LogP contribution in [0.1, 0.15) is 24.3 Å². The lowest BCUT2D eigenvalue weighted by Crippen LogP contribution is -2.86. The molecule has 1 heterocycles. The first kappa shape index (κ1) is 15.1. The van der Waals surface area contributed by atoms with Crippen LogP contribution in [0.15, 0.2) is 28.8 Å². The number of aromatic nitrogens is 1. The minimum Gasteiger partial charge on any atom is -0.360 e. The monoisotopic (exact) mass is 296 g/mol. The van der Waals surface area contributed by atoms with Gasteiger partial charge in [-0.15, -0.1) is 0 Å². The van der Waals surface area contributed by atoms with Crippen molar-refractivity contribution in [2.24, 2.45) is 0 Å². The van der Waals surface area contributed by atoms with Crippen LogP contribution in [0.2, 0.25) is 0 Å². The molecule has 0 aliphatic carbocycles. The fraction of sp³-hybridized carbons (Fsp3) is 0.286. The zero-order valence-corrected chi connectivity index (χ0v) is 11.7. The van der Waals surface area contributed by atoms with Crippen LogP contribution >= 0.6 is 0 Å². The molecule has 2 aromatic rings. The maximum absolute atomic E-state index is 13.6.